The van der Waals surface area contributed by atoms with Crippen LogP contribution in [0, 0.1) is 10.8 Å². The van der Waals surface area contributed by atoms with E-state index in [0.29, 0.717) is 6.54 Å². The highest BCUT2D eigenvalue weighted by Gasteiger charge is 2.51. The molecule has 6 heteroatoms. The minimum absolute atomic E-state index is 0.0606. The summed E-state index contributed by atoms with van der Waals surface area (Å²) in [5.41, 5.74) is 0.904. The normalized spacial score (nSPS) is 31.0. The van der Waals surface area contributed by atoms with Crippen LogP contribution in [0.2, 0.25) is 0 Å². The smallest absolute Gasteiger partial charge is 0.410 e. The van der Waals surface area contributed by atoms with Crippen molar-refractivity contribution in [1.29, 1.82) is 0 Å². The van der Waals surface area contributed by atoms with Crippen molar-refractivity contribution >= 4 is 12.0 Å². The molecule has 3 aliphatic heterocycles. The number of ether oxygens (including phenoxy) is 1. The molecule has 0 saturated carbocycles. The number of hydrogen-bond acceptors (Lipinski definition) is 4. The lowest BCUT2D eigenvalue weighted by Gasteiger charge is -2.57. The summed E-state index contributed by atoms with van der Waals surface area (Å²) in [7, 11) is 0. The first-order chi connectivity index (χ1) is 15.0. The number of likely N-dealkylation sites (tertiary alicyclic amines) is 3. The van der Waals surface area contributed by atoms with Gasteiger partial charge < -0.3 is 9.64 Å². The van der Waals surface area contributed by atoms with Crippen LogP contribution >= 0.6 is 0 Å². The molecule has 3 heterocycles. The molecule has 2 unspecified atom stereocenters. The summed E-state index contributed by atoms with van der Waals surface area (Å²) in [4.78, 5) is 32.6. The molecule has 0 N–H and O–H groups in total. The molecule has 3 aliphatic rings. The molecule has 3 fully saturated rings. The van der Waals surface area contributed by atoms with Crippen molar-refractivity contribution in [3.63, 3.8) is 0 Å². The predicted molar refractivity (Wildman–Crippen MR) is 125 cm³/mol. The van der Waals surface area contributed by atoms with E-state index in [1.165, 1.54) is 5.56 Å². The van der Waals surface area contributed by atoms with Gasteiger partial charge in [0.05, 0.1) is 0 Å². The van der Waals surface area contributed by atoms with E-state index in [1.807, 2.05) is 20.8 Å². The van der Waals surface area contributed by atoms with Crippen LogP contribution in [0.5, 0.6) is 0 Å². The molecule has 4 rings (SSSR count). The number of hydrogen-bond donors (Lipinski definition) is 0. The Morgan fingerprint density at radius 3 is 2.25 bits per heavy atom. The first kappa shape index (κ1) is 23.1. The van der Waals surface area contributed by atoms with Gasteiger partial charge in [-0.1, -0.05) is 44.2 Å². The van der Waals surface area contributed by atoms with Crippen LogP contribution in [-0.4, -0.2) is 71.1 Å². The van der Waals surface area contributed by atoms with Crippen molar-refractivity contribution in [2.75, 3.05) is 32.7 Å². The van der Waals surface area contributed by atoms with Crippen LogP contribution in [0.15, 0.2) is 30.3 Å². The number of nitrogens with zero attached hydrogens (tertiary/aromatic N) is 3. The van der Waals surface area contributed by atoms with E-state index >= 15 is 0 Å². The summed E-state index contributed by atoms with van der Waals surface area (Å²) in [5.74, 6) is 0.0991. The van der Waals surface area contributed by atoms with Crippen molar-refractivity contribution in [2.45, 2.75) is 72.1 Å². The Labute approximate surface area is 192 Å². The van der Waals surface area contributed by atoms with E-state index in [4.69, 9.17) is 4.74 Å². The number of fused-ring (bicyclic) bond motifs is 2. The number of carbonyl (C=O) groups is 2. The Balaban J connectivity index is 1.45. The molecule has 176 valence electrons. The van der Waals surface area contributed by atoms with Crippen LogP contribution in [0.25, 0.3) is 0 Å². The fourth-order valence-electron chi connectivity index (χ4n) is 6.35. The zero-order valence-electron chi connectivity index (χ0n) is 20.4. The Kier molecular flexibility index (Phi) is 6.03. The standard InChI is InChI=1S/C26H39N3O3/c1-24(2,3)32-23(31)29-13-9-12-21(29)22(30)28-18-25(4)15-26(5,19-28)17-27(16-25)14-20-10-7-6-8-11-20/h6-8,10-11,21H,9,12-19H2,1-5H3/t21-,25?,26?/m0/s1. The topological polar surface area (TPSA) is 53.1 Å². The van der Waals surface area contributed by atoms with Crippen molar-refractivity contribution in [2.24, 2.45) is 10.8 Å². The monoisotopic (exact) mass is 441 g/mol. The molecule has 0 spiro atoms. The molecule has 2 bridgehead atoms. The minimum Gasteiger partial charge on any atom is -0.444 e. The average molecular weight is 442 g/mol. The number of benzene rings is 1. The highest BCUT2D eigenvalue weighted by Crippen LogP contribution is 2.46. The Hall–Kier alpha value is -2.08. The lowest BCUT2D eigenvalue weighted by molar-refractivity contribution is -0.149. The van der Waals surface area contributed by atoms with E-state index in [-0.39, 0.29) is 22.8 Å². The molecule has 3 saturated heterocycles. The molecule has 6 nitrogen and oxygen atoms in total. The Morgan fingerprint density at radius 2 is 1.66 bits per heavy atom. The van der Waals surface area contributed by atoms with Crippen LogP contribution in [0.4, 0.5) is 4.79 Å². The van der Waals surface area contributed by atoms with Crippen LogP contribution in [0.1, 0.15) is 59.4 Å². The summed E-state index contributed by atoms with van der Waals surface area (Å²) in [6.07, 6.45) is 2.34. The van der Waals surface area contributed by atoms with Gasteiger partial charge in [-0.25, -0.2) is 4.79 Å². The summed E-state index contributed by atoms with van der Waals surface area (Å²) in [5, 5.41) is 0. The third kappa shape index (κ3) is 5.11. The van der Waals surface area contributed by atoms with Crippen LogP contribution < -0.4 is 0 Å². The molecule has 0 aromatic heterocycles. The third-order valence-corrected chi connectivity index (χ3v) is 6.94. The van der Waals surface area contributed by atoms with E-state index < -0.39 is 11.6 Å². The second kappa shape index (κ2) is 8.36. The molecular weight excluding hydrogens is 402 g/mol. The maximum Gasteiger partial charge on any atom is 0.410 e. The van der Waals surface area contributed by atoms with Gasteiger partial charge >= 0.3 is 6.09 Å². The van der Waals surface area contributed by atoms with E-state index in [2.05, 4.69) is 54.0 Å². The molecule has 1 aromatic rings. The maximum absolute atomic E-state index is 13.6. The molecular formula is C26H39N3O3. The van der Waals surface area contributed by atoms with Crippen molar-refractivity contribution in [3.05, 3.63) is 35.9 Å². The first-order valence-corrected chi connectivity index (χ1v) is 12.0. The molecule has 3 atom stereocenters. The Bertz CT molecular complexity index is 832. The number of amides is 2. The largest absolute Gasteiger partial charge is 0.444 e. The first-order valence-electron chi connectivity index (χ1n) is 12.0. The SMILES string of the molecule is CC12CN(Cc3ccccc3)CC(C)(CN(C(=O)[C@@H]3CCCN3C(=O)OC(C)(C)C)C1)C2. The van der Waals surface area contributed by atoms with Gasteiger partial charge in [0, 0.05) is 39.3 Å². The summed E-state index contributed by atoms with van der Waals surface area (Å²) < 4.78 is 5.58. The van der Waals surface area contributed by atoms with Gasteiger partial charge in [-0.3, -0.25) is 14.6 Å². The fourth-order valence-corrected chi connectivity index (χ4v) is 6.35. The average Bonchev–Trinajstić information content (AvgIpc) is 3.14. The van der Waals surface area contributed by atoms with Gasteiger partial charge in [-0.05, 0) is 56.4 Å². The lowest BCUT2D eigenvalue weighted by atomic mass is 9.65. The fraction of sp³-hybridized carbons (Fsp3) is 0.692. The van der Waals surface area contributed by atoms with Gasteiger partial charge in [-0.15, -0.1) is 0 Å². The van der Waals surface area contributed by atoms with Crippen LogP contribution in [0.3, 0.4) is 0 Å². The lowest BCUT2D eigenvalue weighted by Crippen LogP contribution is -2.64. The number of rotatable bonds is 3. The predicted octanol–water partition coefficient (Wildman–Crippen LogP) is 4.15. The van der Waals surface area contributed by atoms with Gasteiger partial charge in [0.1, 0.15) is 11.6 Å². The molecule has 0 aliphatic carbocycles. The van der Waals surface area contributed by atoms with E-state index in [9.17, 15) is 9.59 Å². The van der Waals surface area contributed by atoms with Gasteiger partial charge in [-0.2, -0.15) is 0 Å². The zero-order valence-corrected chi connectivity index (χ0v) is 20.4. The van der Waals surface area contributed by atoms with Crippen molar-refractivity contribution in [3.8, 4) is 0 Å². The second-order valence-electron chi connectivity index (χ2n) is 12.0. The summed E-state index contributed by atoms with van der Waals surface area (Å²) >= 11 is 0. The highest BCUT2D eigenvalue weighted by molar-refractivity contribution is 5.86. The minimum atomic E-state index is -0.557. The molecule has 1 aromatic carbocycles. The Morgan fingerprint density at radius 1 is 1.03 bits per heavy atom. The van der Waals surface area contributed by atoms with E-state index in [1.54, 1.807) is 4.90 Å². The molecule has 2 amide bonds. The van der Waals surface area contributed by atoms with Gasteiger partial charge in [0.15, 0.2) is 0 Å². The number of carbonyl (C=O) groups excluding carboxylic acids is 2. The molecule has 32 heavy (non-hydrogen) atoms. The molecule has 0 radical (unpaired) electrons. The van der Waals surface area contributed by atoms with Crippen LogP contribution in [-0.2, 0) is 16.1 Å². The second-order valence-corrected chi connectivity index (χ2v) is 12.0. The van der Waals surface area contributed by atoms with Gasteiger partial charge in [0.25, 0.3) is 0 Å². The number of piperidine rings is 2. The summed E-state index contributed by atoms with van der Waals surface area (Å²) in [6.45, 7) is 15.3. The third-order valence-electron chi connectivity index (χ3n) is 6.94. The summed E-state index contributed by atoms with van der Waals surface area (Å²) in [6, 6.07) is 10.2. The zero-order chi connectivity index (χ0) is 23.1. The highest BCUT2D eigenvalue weighted by atomic mass is 16.6. The van der Waals surface area contributed by atoms with E-state index in [0.717, 1.165) is 52.0 Å². The van der Waals surface area contributed by atoms with Crippen molar-refractivity contribution < 1.29 is 14.3 Å². The van der Waals surface area contributed by atoms with Gasteiger partial charge in [0.2, 0.25) is 5.91 Å². The maximum atomic E-state index is 13.6. The van der Waals surface area contributed by atoms with Crippen molar-refractivity contribution in [1.82, 2.24) is 14.7 Å². The quantitative estimate of drug-likeness (QED) is 0.707.